The van der Waals surface area contributed by atoms with Crippen LogP contribution in [0.5, 0.6) is 0 Å². The largest absolute Gasteiger partial charge is 0.328 e. The number of carbonyl (C=O) groups excluding carboxylic acids is 1. The lowest BCUT2D eigenvalue weighted by molar-refractivity contribution is 0.0837. The maximum Gasteiger partial charge on any atom is 0.328 e. The number of hydrogen-bond donors (Lipinski definition) is 1. The summed E-state index contributed by atoms with van der Waals surface area (Å²) in [4.78, 5) is 42.5. The van der Waals surface area contributed by atoms with E-state index >= 15 is 0 Å². The molecule has 2 aromatic carbocycles. The molecule has 0 atom stereocenters. The monoisotopic (exact) mass is 421 g/mol. The van der Waals surface area contributed by atoms with Crippen LogP contribution >= 0.6 is 0 Å². The van der Waals surface area contributed by atoms with Crippen LogP contribution in [0, 0.1) is 11.7 Å². The van der Waals surface area contributed by atoms with Gasteiger partial charge < -0.3 is 9.88 Å². The number of aromatic amines is 1. The summed E-state index contributed by atoms with van der Waals surface area (Å²) >= 11 is 0. The quantitative estimate of drug-likeness (QED) is 0.621. The Labute approximate surface area is 179 Å². The predicted molar refractivity (Wildman–Crippen MR) is 117 cm³/mol. The maximum atomic E-state index is 13.1. The van der Waals surface area contributed by atoms with Crippen molar-refractivity contribution in [2.24, 2.45) is 5.92 Å². The lowest BCUT2D eigenvalue weighted by Crippen LogP contribution is -2.42. The third-order valence-electron chi connectivity index (χ3n) is 5.83. The molecule has 1 N–H and O–H groups in total. The van der Waals surface area contributed by atoms with Crippen LogP contribution in [0.25, 0.3) is 11.3 Å². The molecule has 31 heavy (non-hydrogen) atoms. The van der Waals surface area contributed by atoms with Crippen LogP contribution in [0.4, 0.5) is 4.39 Å². The van der Waals surface area contributed by atoms with Gasteiger partial charge in [-0.3, -0.25) is 14.2 Å². The first kappa shape index (κ1) is 20.9. The van der Waals surface area contributed by atoms with Crippen molar-refractivity contribution < 1.29 is 9.18 Å². The highest BCUT2D eigenvalue weighted by Gasteiger charge is 2.25. The van der Waals surface area contributed by atoms with E-state index in [0.717, 1.165) is 5.56 Å². The Morgan fingerprint density at radius 3 is 2.29 bits per heavy atom. The summed E-state index contributed by atoms with van der Waals surface area (Å²) in [6.07, 6.45) is 1.41. The number of aromatic nitrogens is 2. The number of nitrogens with zero attached hydrogens (tertiary/aromatic N) is 2. The van der Waals surface area contributed by atoms with Crippen LogP contribution in [0.1, 0.15) is 23.2 Å². The van der Waals surface area contributed by atoms with Gasteiger partial charge in [0.2, 0.25) is 0 Å². The molecule has 2 heterocycles. The van der Waals surface area contributed by atoms with Gasteiger partial charge in [0.1, 0.15) is 5.82 Å². The molecule has 0 radical (unpaired) electrons. The zero-order valence-electron chi connectivity index (χ0n) is 17.1. The molecule has 1 aliphatic rings. The first-order valence-electron chi connectivity index (χ1n) is 10.4. The second kappa shape index (κ2) is 9.22. The fraction of sp³-hybridized carbons (Fsp3) is 0.292. The standard InChI is InChI=1S/C24H24FN3O3/c25-20-8-6-18(7-9-20)23(30)19-10-12-27(13-11-19)14-15-28-22(29)16-21(26-24(28)31)17-4-2-1-3-5-17/h1-9,16,19H,10-15H2,(H,26,31). The second-order valence-corrected chi connectivity index (χ2v) is 7.83. The van der Waals surface area contributed by atoms with E-state index in [4.69, 9.17) is 0 Å². The van der Waals surface area contributed by atoms with E-state index in [9.17, 15) is 18.8 Å². The van der Waals surface area contributed by atoms with Crippen LogP contribution in [-0.4, -0.2) is 39.9 Å². The van der Waals surface area contributed by atoms with Crippen molar-refractivity contribution in [2.45, 2.75) is 19.4 Å². The summed E-state index contributed by atoms with van der Waals surface area (Å²) in [6, 6.07) is 16.4. The topological polar surface area (TPSA) is 75.2 Å². The molecule has 1 aromatic heterocycles. The minimum atomic E-state index is -0.423. The molecule has 1 saturated heterocycles. The number of piperidine rings is 1. The summed E-state index contributed by atoms with van der Waals surface area (Å²) in [6.45, 7) is 2.28. The Balaban J connectivity index is 1.34. The minimum absolute atomic E-state index is 0.0452. The van der Waals surface area contributed by atoms with E-state index in [1.54, 1.807) is 0 Å². The molecule has 0 aliphatic carbocycles. The Kier molecular flexibility index (Phi) is 6.23. The van der Waals surface area contributed by atoms with Crippen molar-refractivity contribution in [1.82, 2.24) is 14.5 Å². The zero-order chi connectivity index (χ0) is 21.8. The Hall–Kier alpha value is -3.32. The number of carbonyl (C=O) groups is 1. The van der Waals surface area contributed by atoms with Gasteiger partial charge >= 0.3 is 5.69 Å². The molecule has 0 spiro atoms. The molecular weight excluding hydrogens is 397 g/mol. The maximum absolute atomic E-state index is 13.1. The van der Waals surface area contributed by atoms with Crippen LogP contribution < -0.4 is 11.2 Å². The molecule has 0 bridgehead atoms. The van der Waals surface area contributed by atoms with Gasteiger partial charge in [-0.05, 0) is 55.8 Å². The average molecular weight is 421 g/mol. The van der Waals surface area contributed by atoms with E-state index in [1.165, 1.54) is 34.9 Å². The first-order chi connectivity index (χ1) is 15.0. The van der Waals surface area contributed by atoms with Gasteiger partial charge in [0.25, 0.3) is 5.56 Å². The van der Waals surface area contributed by atoms with E-state index in [-0.39, 0.29) is 23.1 Å². The second-order valence-electron chi connectivity index (χ2n) is 7.83. The number of Topliss-reactive ketones (excluding diaryl/α,β-unsaturated/α-hetero) is 1. The molecule has 7 heteroatoms. The Morgan fingerprint density at radius 2 is 1.65 bits per heavy atom. The van der Waals surface area contributed by atoms with Crippen LogP contribution in [0.15, 0.2) is 70.3 Å². The number of halogens is 1. The Bertz CT molecular complexity index is 1130. The predicted octanol–water partition coefficient (Wildman–Crippen LogP) is 2.94. The molecule has 1 fully saturated rings. The molecule has 1 aliphatic heterocycles. The summed E-state index contributed by atoms with van der Waals surface area (Å²) in [7, 11) is 0. The lowest BCUT2D eigenvalue weighted by Gasteiger charge is -2.31. The Morgan fingerprint density at radius 1 is 0.968 bits per heavy atom. The van der Waals surface area contributed by atoms with Gasteiger partial charge in [-0.1, -0.05) is 30.3 Å². The molecule has 160 valence electrons. The number of likely N-dealkylation sites (tertiary alicyclic amines) is 1. The van der Waals surface area contributed by atoms with Crippen molar-refractivity contribution in [1.29, 1.82) is 0 Å². The fourth-order valence-electron chi connectivity index (χ4n) is 4.02. The van der Waals surface area contributed by atoms with Crippen molar-refractivity contribution >= 4 is 5.78 Å². The lowest BCUT2D eigenvalue weighted by atomic mass is 9.89. The van der Waals surface area contributed by atoms with E-state index in [1.807, 2.05) is 30.3 Å². The SMILES string of the molecule is O=C(c1ccc(F)cc1)C1CCN(CCn2c(=O)cc(-c3ccccc3)[nH]c2=O)CC1. The molecule has 4 rings (SSSR count). The summed E-state index contributed by atoms with van der Waals surface area (Å²) in [5.41, 5.74) is 1.08. The molecular formula is C24H24FN3O3. The van der Waals surface area contributed by atoms with Gasteiger partial charge in [-0.25, -0.2) is 9.18 Å². The van der Waals surface area contributed by atoms with Gasteiger partial charge in [0.05, 0.1) is 5.69 Å². The summed E-state index contributed by atoms with van der Waals surface area (Å²) < 4.78 is 14.3. The van der Waals surface area contributed by atoms with E-state index in [0.29, 0.717) is 50.3 Å². The van der Waals surface area contributed by atoms with Crippen LogP contribution in [0.2, 0.25) is 0 Å². The first-order valence-corrected chi connectivity index (χ1v) is 10.4. The van der Waals surface area contributed by atoms with Gasteiger partial charge in [-0.2, -0.15) is 0 Å². The van der Waals surface area contributed by atoms with Crippen LogP contribution in [0.3, 0.4) is 0 Å². The number of rotatable bonds is 6. The molecule has 3 aromatic rings. The van der Waals surface area contributed by atoms with E-state index < -0.39 is 5.69 Å². The van der Waals surface area contributed by atoms with Crippen molar-refractivity contribution in [3.05, 3.63) is 92.9 Å². The highest BCUT2D eigenvalue weighted by molar-refractivity contribution is 5.97. The van der Waals surface area contributed by atoms with E-state index in [2.05, 4.69) is 9.88 Å². The molecule has 6 nitrogen and oxygen atoms in total. The smallest absolute Gasteiger partial charge is 0.307 e. The number of benzene rings is 2. The highest BCUT2D eigenvalue weighted by atomic mass is 19.1. The number of H-pyrrole nitrogens is 1. The molecule has 0 saturated carbocycles. The van der Waals surface area contributed by atoms with Crippen molar-refractivity contribution in [2.75, 3.05) is 19.6 Å². The number of hydrogen-bond acceptors (Lipinski definition) is 4. The van der Waals surface area contributed by atoms with Crippen molar-refractivity contribution in [3.63, 3.8) is 0 Å². The minimum Gasteiger partial charge on any atom is -0.307 e. The van der Waals surface area contributed by atoms with Gasteiger partial charge in [0, 0.05) is 30.6 Å². The van der Waals surface area contributed by atoms with Gasteiger partial charge in [0.15, 0.2) is 5.78 Å². The van der Waals surface area contributed by atoms with Crippen molar-refractivity contribution in [3.8, 4) is 11.3 Å². The summed E-state index contributed by atoms with van der Waals surface area (Å²) in [5, 5.41) is 0. The third-order valence-corrected chi connectivity index (χ3v) is 5.83. The summed E-state index contributed by atoms with van der Waals surface area (Å²) in [5.74, 6) is -0.393. The molecule has 0 amide bonds. The zero-order valence-corrected chi connectivity index (χ0v) is 17.1. The third kappa shape index (κ3) is 4.88. The molecule has 0 unspecified atom stereocenters. The average Bonchev–Trinajstić information content (AvgIpc) is 2.79. The van der Waals surface area contributed by atoms with Gasteiger partial charge in [-0.15, -0.1) is 0 Å². The number of nitrogens with one attached hydrogen (secondary N) is 1. The normalized spacial score (nSPS) is 15.1. The highest BCUT2D eigenvalue weighted by Crippen LogP contribution is 2.22. The van der Waals surface area contributed by atoms with Crippen LogP contribution in [-0.2, 0) is 6.54 Å². The fourth-order valence-corrected chi connectivity index (χ4v) is 4.02. The number of ketones is 1.